The third-order valence-corrected chi connectivity index (χ3v) is 4.40. The summed E-state index contributed by atoms with van der Waals surface area (Å²) in [6.07, 6.45) is 4.76. The smallest absolute Gasteiger partial charge is 0.162 e. The number of carbonyl (C=O) groups is 1. The van der Waals surface area contributed by atoms with Crippen molar-refractivity contribution in [2.45, 2.75) is 39.5 Å². The molecule has 0 saturated heterocycles. The maximum absolute atomic E-state index is 12.8. The maximum atomic E-state index is 12.8. The van der Waals surface area contributed by atoms with Crippen LogP contribution in [0.3, 0.4) is 0 Å². The number of allylic oxidation sites excluding steroid dienone is 4. The Kier molecular flexibility index (Phi) is 3.37. The highest BCUT2D eigenvalue weighted by atomic mass is 16.1. The Morgan fingerprint density at radius 1 is 1.32 bits per heavy atom. The zero-order chi connectivity index (χ0) is 15.9. The summed E-state index contributed by atoms with van der Waals surface area (Å²) < 4.78 is 0. The van der Waals surface area contributed by atoms with Crippen LogP contribution in [-0.4, -0.2) is 10.8 Å². The molecule has 22 heavy (non-hydrogen) atoms. The van der Waals surface area contributed by atoms with Crippen LogP contribution in [-0.2, 0) is 4.79 Å². The highest BCUT2D eigenvalue weighted by Crippen LogP contribution is 2.46. The lowest BCUT2D eigenvalue weighted by Crippen LogP contribution is -2.36. The largest absolute Gasteiger partial charge is 0.361 e. The van der Waals surface area contributed by atoms with E-state index in [-0.39, 0.29) is 17.1 Å². The highest BCUT2D eigenvalue weighted by Gasteiger charge is 2.40. The van der Waals surface area contributed by atoms with Crippen LogP contribution in [0.1, 0.15) is 45.1 Å². The molecule has 112 valence electrons. The first kappa shape index (κ1) is 14.5. The Balaban J connectivity index is 2.18. The minimum atomic E-state index is -0.271. The fourth-order valence-electron chi connectivity index (χ4n) is 3.47. The summed E-state index contributed by atoms with van der Waals surface area (Å²) >= 11 is 0. The molecule has 1 N–H and O–H groups in total. The van der Waals surface area contributed by atoms with Gasteiger partial charge in [0.1, 0.15) is 0 Å². The molecular formula is C18H19N3O. The Hall–Kier alpha value is -2.41. The fourth-order valence-corrected chi connectivity index (χ4v) is 3.47. The molecule has 1 aliphatic carbocycles. The predicted octanol–water partition coefficient (Wildman–Crippen LogP) is 3.21. The van der Waals surface area contributed by atoms with Crippen LogP contribution in [0.25, 0.3) is 0 Å². The molecule has 1 aromatic heterocycles. The first-order valence-corrected chi connectivity index (χ1v) is 7.47. The number of nitrogens with one attached hydrogen (secondary N) is 1. The maximum Gasteiger partial charge on any atom is 0.162 e. The second-order valence-electron chi connectivity index (χ2n) is 6.82. The topological polar surface area (TPSA) is 65.8 Å². The number of rotatable bonds is 1. The number of aromatic nitrogens is 1. The van der Waals surface area contributed by atoms with Crippen molar-refractivity contribution in [1.29, 1.82) is 5.26 Å². The number of pyridine rings is 1. The van der Waals surface area contributed by atoms with Crippen molar-refractivity contribution in [3.8, 4) is 6.07 Å². The van der Waals surface area contributed by atoms with Gasteiger partial charge in [0.2, 0.25) is 0 Å². The van der Waals surface area contributed by atoms with Gasteiger partial charge in [-0.25, -0.2) is 0 Å². The molecule has 0 bridgehead atoms. The van der Waals surface area contributed by atoms with E-state index in [1.165, 1.54) is 0 Å². The number of nitrogens with zero attached hydrogens (tertiary/aromatic N) is 2. The number of hydrogen-bond donors (Lipinski definition) is 1. The highest BCUT2D eigenvalue weighted by molar-refractivity contribution is 6.00. The molecule has 0 radical (unpaired) electrons. The molecule has 0 spiro atoms. The Labute approximate surface area is 130 Å². The van der Waals surface area contributed by atoms with Gasteiger partial charge < -0.3 is 5.32 Å². The fraction of sp³-hybridized carbons (Fsp3) is 0.389. The second-order valence-corrected chi connectivity index (χ2v) is 6.82. The Morgan fingerprint density at radius 2 is 2.00 bits per heavy atom. The molecule has 1 atom stereocenters. The van der Waals surface area contributed by atoms with Crippen LogP contribution in [0.2, 0.25) is 0 Å². The van der Waals surface area contributed by atoms with E-state index in [4.69, 9.17) is 0 Å². The number of ketones is 1. The van der Waals surface area contributed by atoms with Gasteiger partial charge in [0.05, 0.1) is 17.6 Å². The molecule has 2 aliphatic rings. The lowest BCUT2D eigenvalue weighted by Gasteiger charge is -2.38. The van der Waals surface area contributed by atoms with Gasteiger partial charge in [0.15, 0.2) is 5.78 Å². The van der Waals surface area contributed by atoms with Crippen molar-refractivity contribution >= 4 is 5.78 Å². The van der Waals surface area contributed by atoms with Gasteiger partial charge in [-0.2, -0.15) is 5.26 Å². The average Bonchev–Trinajstić information content (AvgIpc) is 2.45. The van der Waals surface area contributed by atoms with E-state index in [1.807, 2.05) is 19.1 Å². The van der Waals surface area contributed by atoms with Crippen molar-refractivity contribution < 1.29 is 4.79 Å². The number of hydrogen-bond acceptors (Lipinski definition) is 4. The standard InChI is InChI=1S/C18H19N3O/c1-11-13(10-19)16(12-4-6-20-7-5-12)17-14(21-11)8-18(2,3)9-15(17)22/h4-7,16,21H,8-9H2,1-3H3/t16-/m0/s1. The number of nitriles is 1. The number of carbonyl (C=O) groups excluding carboxylic acids is 1. The van der Waals surface area contributed by atoms with Gasteiger partial charge in [0.25, 0.3) is 0 Å². The molecule has 0 amide bonds. The van der Waals surface area contributed by atoms with E-state index in [0.29, 0.717) is 12.0 Å². The SMILES string of the molecule is CC1=C(C#N)[C@H](c2ccncc2)C2=C(CC(C)(C)CC2=O)N1. The minimum Gasteiger partial charge on any atom is -0.361 e. The third kappa shape index (κ3) is 2.33. The van der Waals surface area contributed by atoms with E-state index < -0.39 is 0 Å². The van der Waals surface area contributed by atoms with Crippen molar-refractivity contribution in [3.63, 3.8) is 0 Å². The quantitative estimate of drug-likeness (QED) is 0.863. The van der Waals surface area contributed by atoms with E-state index in [0.717, 1.165) is 29.0 Å². The predicted molar refractivity (Wildman–Crippen MR) is 83.5 cm³/mol. The summed E-state index contributed by atoms with van der Waals surface area (Å²) in [4.78, 5) is 16.8. The number of Topliss-reactive ketones (excluding diaryl/α,β-unsaturated/α-hetero) is 1. The third-order valence-electron chi connectivity index (χ3n) is 4.40. The monoisotopic (exact) mass is 293 g/mol. The van der Waals surface area contributed by atoms with Crippen LogP contribution in [0.5, 0.6) is 0 Å². The zero-order valence-corrected chi connectivity index (χ0v) is 13.1. The van der Waals surface area contributed by atoms with Crippen LogP contribution < -0.4 is 5.32 Å². The summed E-state index contributed by atoms with van der Waals surface area (Å²) in [6, 6.07) is 6.06. The number of dihydropyridines is 1. The summed E-state index contributed by atoms with van der Waals surface area (Å²) in [5.41, 5.74) is 4.10. The van der Waals surface area contributed by atoms with Gasteiger partial charge in [-0.05, 0) is 36.5 Å². The lowest BCUT2D eigenvalue weighted by molar-refractivity contribution is -0.118. The van der Waals surface area contributed by atoms with Crippen LogP contribution >= 0.6 is 0 Å². The minimum absolute atomic E-state index is 0.0455. The zero-order valence-electron chi connectivity index (χ0n) is 13.1. The molecule has 0 saturated carbocycles. The summed E-state index contributed by atoms with van der Waals surface area (Å²) in [5, 5.41) is 12.9. The van der Waals surface area contributed by atoms with Crippen molar-refractivity contribution in [2.75, 3.05) is 0 Å². The first-order valence-electron chi connectivity index (χ1n) is 7.47. The van der Waals surface area contributed by atoms with Crippen LogP contribution in [0, 0.1) is 16.7 Å². The molecule has 1 aromatic rings. The summed E-state index contributed by atoms with van der Waals surface area (Å²) in [6.45, 7) is 6.12. The molecule has 4 nitrogen and oxygen atoms in total. The van der Waals surface area contributed by atoms with Gasteiger partial charge in [-0.3, -0.25) is 9.78 Å². The van der Waals surface area contributed by atoms with Crippen molar-refractivity contribution in [2.24, 2.45) is 5.41 Å². The molecule has 2 heterocycles. The van der Waals surface area contributed by atoms with E-state index in [1.54, 1.807) is 12.4 Å². The lowest BCUT2D eigenvalue weighted by atomic mass is 9.69. The molecule has 3 rings (SSSR count). The first-order chi connectivity index (χ1) is 10.4. The normalized spacial score (nSPS) is 23.7. The van der Waals surface area contributed by atoms with E-state index in [9.17, 15) is 10.1 Å². The van der Waals surface area contributed by atoms with Crippen molar-refractivity contribution in [1.82, 2.24) is 10.3 Å². The molecule has 0 unspecified atom stereocenters. The molecule has 4 heteroatoms. The van der Waals surface area contributed by atoms with Gasteiger partial charge >= 0.3 is 0 Å². The molecule has 0 aromatic carbocycles. The Bertz CT molecular complexity index is 735. The summed E-state index contributed by atoms with van der Waals surface area (Å²) in [5.74, 6) is -0.131. The summed E-state index contributed by atoms with van der Waals surface area (Å²) in [7, 11) is 0. The van der Waals surface area contributed by atoms with Gasteiger partial charge in [0, 0.05) is 35.8 Å². The van der Waals surface area contributed by atoms with Crippen LogP contribution in [0.4, 0.5) is 0 Å². The van der Waals surface area contributed by atoms with Gasteiger partial charge in [-0.1, -0.05) is 13.8 Å². The van der Waals surface area contributed by atoms with Crippen molar-refractivity contribution in [3.05, 3.63) is 52.6 Å². The van der Waals surface area contributed by atoms with E-state index >= 15 is 0 Å². The molecule has 1 aliphatic heterocycles. The molecular weight excluding hydrogens is 274 g/mol. The van der Waals surface area contributed by atoms with Crippen LogP contribution in [0.15, 0.2) is 47.1 Å². The second kappa shape index (κ2) is 5.10. The average molecular weight is 293 g/mol. The van der Waals surface area contributed by atoms with E-state index in [2.05, 4.69) is 30.2 Å². The van der Waals surface area contributed by atoms with Gasteiger partial charge in [-0.15, -0.1) is 0 Å². The molecule has 0 fully saturated rings. The Morgan fingerprint density at radius 3 is 2.64 bits per heavy atom.